The fraction of sp³-hybridized carbons (Fsp3) is 0.625. The monoisotopic (exact) mass is 279 g/mol. The van der Waals surface area contributed by atoms with Crippen molar-refractivity contribution < 1.29 is 4.74 Å². The Morgan fingerprint density at radius 1 is 1.32 bits per heavy atom. The largest absolute Gasteiger partial charge is 0.488 e. The van der Waals surface area contributed by atoms with Gasteiger partial charge in [0.1, 0.15) is 11.9 Å². The fourth-order valence-electron chi connectivity index (χ4n) is 3.21. The summed E-state index contributed by atoms with van der Waals surface area (Å²) in [5.41, 5.74) is 2.67. The molecule has 19 heavy (non-hydrogen) atoms. The second kappa shape index (κ2) is 5.72. The molecule has 2 nitrogen and oxygen atoms in total. The van der Waals surface area contributed by atoms with Crippen molar-refractivity contribution in [3.63, 3.8) is 0 Å². The van der Waals surface area contributed by atoms with Gasteiger partial charge in [-0.2, -0.15) is 0 Å². The maximum absolute atomic E-state index is 6.14. The van der Waals surface area contributed by atoms with Gasteiger partial charge in [0.05, 0.1) is 0 Å². The standard InChI is InChI=1S/C16H22ClNO/c1-11-2-5-16-13(6-11)8-15(19-16)10-18-9-12-3-4-14(17)7-12/h2,5-6,12,14-15,18H,3-4,7-10H2,1H3. The van der Waals surface area contributed by atoms with Crippen LogP contribution in [0, 0.1) is 12.8 Å². The van der Waals surface area contributed by atoms with Crippen molar-refractivity contribution in [2.45, 2.75) is 44.1 Å². The maximum atomic E-state index is 6.14. The highest BCUT2D eigenvalue weighted by Crippen LogP contribution is 2.30. The molecule has 1 heterocycles. The number of halogens is 1. The van der Waals surface area contributed by atoms with Crippen LogP contribution >= 0.6 is 11.6 Å². The first kappa shape index (κ1) is 13.3. The summed E-state index contributed by atoms with van der Waals surface area (Å²) in [6.45, 7) is 4.16. The molecule has 3 rings (SSSR count). The Morgan fingerprint density at radius 3 is 3.00 bits per heavy atom. The first-order valence-corrected chi connectivity index (χ1v) is 7.75. The molecule has 0 bridgehead atoms. The number of ether oxygens (including phenoxy) is 1. The predicted molar refractivity (Wildman–Crippen MR) is 79.2 cm³/mol. The lowest BCUT2D eigenvalue weighted by Crippen LogP contribution is -2.32. The van der Waals surface area contributed by atoms with Crippen LogP contribution in [0.4, 0.5) is 0 Å². The Morgan fingerprint density at radius 2 is 2.21 bits per heavy atom. The Bertz CT molecular complexity index is 448. The smallest absolute Gasteiger partial charge is 0.123 e. The molecule has 0 radical (unpaired) electrons. The van der Waals surface area contributed by atoms with Crippen LogP contribution in [0.15, 0.2) is 18.2 Å². The van der Waals surface area contributed by atoms with Crippen molar-refractivity contribution in [1.29, 1.82) is 0 Å². The zero-order valence-corrected chi connectivity index (χ0v) is 12.2. The van der Waals surface area contributed by atoms with Crippen LogP contribution in [-0.4, -0.2) is 24.6 Å². The van der Waals surface area contributed by atoms with Gasteiger partial charge in [0.2, 0.25) is 0 Å². The van der Waals surface area contributed by atoms with E-state index in [2.05, 4.69) is 30.4 Å². The van der Waals surface area contributed by atoms with Gasteiger partial charge in [0, 0.05) is 18.3 Å². The van der Waals surface area contributed by atoms with Gasteiger partial charge in [-0.3, -0.25) is 0 Å². The molecular weight excluding hydrogens is 258 g/mol. The Kier molecular flexibility index (Phi) is 3.99. The summed E-state index contributed by atoms with van der Waals surface area (Å²) < 4.78 is 5.96. The summed E-state index contributed by atoms with van der Waals surface area (Å²) in [4.78, 5) is 0. The molecule has 1 aliphatic heterocycles. The number of aryl methyl sites for hydroxylation is 1. The fourth-order valence-corrected chi connectivity index (χ4v) is 3.59. The maximum Gasteiger partial charge on any atom is 0.123 e. The number of nitrogens with one attached hydrogen (secondary N) is 1. The molecule has 0 spiro atoms. The summed E-state index contributed by atoms with van der Waals surface area (Å²) in [5.74, 6) is 1.83. The van der Waals surface area contributed by atoms with Gasteiger partial charge >= 0.3 is 0 Å². The van der Waals surface area contributed by atoms with Crippen LogP contribution in [0.25, 0.3) is 0 Å². The SMILES string of the molecule is Cc1ccc2c(c1)CC(CNCC1CCC(Cl)C1)O2. The molecular formula is C16H22ClNO. The molecule has 1 fully saturated rings. The Balaban J connectivity index is 1.43. The number of benzene rings is 1. The van der Waals surface area contributed by atoms with Crippen molar-refractivity contribution in [3.8, 4) is 5.75 Å². The zero-order valence-electron chi connectivity index (χ0n) is 11.5. The van der Waals surface area contributed by atoms with Crippen LogP contribution in [0.1, 0.15) is 30.4 Å². The van der Waals surface area contributed by atoms with Gasteiger partial charge in [-0.15, -0.1) is 11.6 Å². The Labute approximate surface area is 120 Å². The molecule has 2 aliphatic rings. The van der Waals surface area contributed by atoms with Gasteiger partial charge in [-0.1, -0.05) is 17.7 Å². The molecule has 1 saturated carbocycles. The van der Waals surface area contributed by atoms with Crippen LogP contribution in [0.2, 0.25) is 0 Å². The van der Waals surface area contributed by atoms with Crippen molar-refractivity contribution in [2.24, 2.45) is 5.92 Å². The van der Waals surface area contributed by atoms with Crippen molar-refractivity contribution in [1.82, 2.24) is 5.32 Å². The van der Waals surface area contributed by atoms with Crippen molar-refractivity contribution in [3.05, 3.63) is 29.3 Å². The molecule has 3 heteroatoms. The van der Waals surface area contributed by atoms with Crippen LogP contribution < -0.4 is 10.1 Å². The quantitative estimate of drug-likeness (QED) is 0.854. The second-order valence-electron chi connectivity index (χ2n) is 5.99. The minimum absolute atomic E-state index is 0.296. The van der Waals surface area contributed by atoms with Gasteiger partial charge in [0.25, 0.3) is 0 Å². The van der Waals surface area contributed by atoms with E-state index in [0.29, 0.717) is 11.5 Å². The molecule has 104 valence electrons. The van der Waals surface area contributed by atoms with E-state index in [1.54, 1.807) is 0 Å². The topological polar surface area (TPSA) is 21.3 Å². The number of hydrogen-bond donors (Lipinski definition) is 1. The van der Waals surface area contributed by atoms with Crippen LogP contribution in [0.3, 0.4) is 0 Å². The molecule has 0 saturated heterocycles. The van der Waals surface area contributed by atoms with E-state index in [-0.39, 0.29) is 0 Å². The molecule has 1 aliphatic carbocycles. The first-order valence-electron chi connectivity index (χ1n) is 7.31. The lowest BCUT2D eigenvalue weighted by atomic mass is 10.1. The third-order valence-corrected chi connectivity index (χ3v) is 4.64. The molecule has 0 amide bonds. The van der Waals surface area contributed by atoms with E-state index in [0.717, 1.165) is 31.2 Å². The van der Waals surface area contributed by atoms with E-state index >= 15 is 0 Å². The average molecular weight is 280 g/mol. The van der Waals surface area contributed by atoms with Crippen molar-refractivity contribution in [2.75, 3.05) is 13.1 Å². The van der Waals surface area contributed by atoms with Crippen LogP contribution in [-0.2, 0) is 6.42 Å². The molecule has 1 aromatic carbocycles. The van der Waals surface area contributed by atoms with Gasteiger partial charge in [-0.25, -0.2) is 0 Å². The normalized spacial score (nSPS) is 29.3. The van der Waals surface area contributed by atoms with Gasteiger partial charge in [-0.05, 0) is 50.3 Å². The summed E-state index contributed by atoms with van der Waals surface area (Å²) in [6.07, 6.45) is 4.95. The third-order valence-electron chi connectivity index (χ3n) is 4.24. The summed E-state index contributed by atoms with van der Waals surface area (Å²) in [7, 11) is 0. The average Bonchev–Trinajstić information content (AvgIpc) is 2.95. The molecule has 1 N–H and O–H groups in total. The lowest BCUT2D eigenvalue weighted by molar-refractivity contribution is 0.225. The van der Waals surface area contributed by atoms with Gasteiger partial charge in [0.15, 0.2) is 0 Å². The summed E-state index contributed by atoms with van der Waals surface area (Å²) in [5, 5.41) is 3.96. The predicted octanol–water partition coefficient (Wildman–Crippen LogP) is 3.30. The number of rotatable bonds is 4. The summed E-state index contributed by atoms with van der Waals surface area (Å²) >= 11 is 6.14. The van der Waals surface area contributed by atoms with E-state index in [1.165, 1.54) is 30.4 Å². The number of hydrogen-bond acceptors (Lipinski definition) is 2. The number of alkyl halides is 1. The van der Waals surface area contributed by atoms with E-state index in [9.17, 15) is 0 Å². The van der Waals surface area contributed by atoms with E-state index in [1.807, 2.05) is 0 Å². The minimum atomic E-state index is 0.296. The van der Waals surface area contributed by atoms with Crippen LogP contribution in [0.5, 0.6) is 5.75 Å². The third kappa shape index (κ3) is 3.24. The second-order valence-corrected chi connectivity index (χ2v) is 6.61. The first-order chi connectivity index (χ1) is 9.20. The van der Waals surface area contributed by atoms with E-state index < -0.39 is 0 Å². The van der Waals surface area contributed by atoms with E-state index in [4.69, 9.17) is 16.3 Å². The minimum Gasteiger partial charge on any atom is -0.488 e. The lowest BCUT2D eigenvalue weighted by Gasteiger charge is -2.14. The molecule has 0 aromatic heterocycles. The highest BCUT2D eigenvalue weighted by atomic mass is 35.5. The number of fused-ring (bicyclic) bond motifs is 1. The van der Waals surface area contributed by atoms with Gasteiger partial charge < -0.3 is 10.1 Å². The Hall–Kier alpha value is -0.730. The zero-order chi connectivity index (χ0) is 13.2. The highest BCUT2D eigenvalue weighted by Gasteiger charge is 2.25. The molecule has 3 atom stereocenters. The highest BCUT2D eigenvalue weighted by molar-refractivity contribution is 6.20. The molecule has 3 unspecified atom stereocenters. The molecule has 1 aromatic rings. The van der Waals surface area contributed by atoms with Crippen molar-refractivity contribution >= 4 is 11.6 Å². The summed E-state index contributed by atoms with van der Waals surface area (Å²) in [6, 6.07) is 6.46.